The minimum absolute atomic E-state index is 0.123. The number of piperidine rings is 1. The molecule has 0 aliphatic carbocycles. The van der Waals surface area contributed by atoms with Crippen LogP contribution in [0, 0.1) is 5.92 Å². The van der Waals surface area contributed by atoms with Gasteiger partial charge in [0.05, 0.1) is 17.9 Å². The van der Waals surface area contributed by atoms with Crippen LogP contribution >= 0.6 is 0 Å². The zero-order valence-corrected chi connectivity index (χ0v) is 18.8. The van der Waals surface area contributed by atoms with Gasteiger partial charge in [-0.1, -0.05) is 19.1 Å². The SMILES string of the molecule is CC1CCCN(c2ccc3c(n2)N(C(=O)Nc2cccc(-c4cnco4)c2)[C@H]2CCN3C2)C1. The van der Waals surface area contributed by atoms with Crippen molar-refractivity contribution in [3.8, 4) is 11.3 Å². The number of hydrogen-bond acceptors (Lipinski definition) is 6. The Hall–Kier alpha value is -3.55. The van der Waals surface area contributed by atoms with Crippen molar-refractivity contribution in [2.45, 2.75) is 32.2 Å². The monoisotopic (exact) mass is 444 g/mol. The highest BCUT2D eigenvalue weighted by atomic mass is 16.3. The average Bonchev–Trinajstić information content (AvgIpc) is 3.51. The van der Waals surface area contributed by atoms with Crippen LogP contribution in [0.15, 0.2) is 53.4 Å². The summed E-state index contributed by atoms with van der Waals surface area (Å²) in [5.41, 5.74) is 2.64. The molecular formula is C25H28N6O2. The molecule has 2 saturated heterocycles. The number of benzene rings is 1. The van der Waals surface area contributed by atoms with Crippen molar-refractivity contribution in [2.75, 3.05) is 46.2 Å². The van der Waals surface area contributed by atoms with E-state index in [0.29, 0.717) is 11.7 Å². The Labute approximate surface area is 193 Å². The lowest BCUT2D eigenvalue weighted by Gasteiger charge is -2.37. The van der Waals surface area contributed by atoms with Crippen LogP contribution in [-0.4, -0.2) is 48.2 Å². The third-order valence-corrected chi connectivity index (χ3v) is 6.97. The molecule has 33 heavy (non-hydrogen) atoms. The Balaban J connectivity index is 1.30. The van der Waals surface area contributed by atoms with Gasteiger partial charge in [-0.2, -0.15) is 0 Å². The van der Waals surface area contributed by atoms with Crippen molar-refractivity contribution in [1.29, 1.82) is 0 Å². The summed E-state index contributed by atoms with van der Waals surface area (Å²) < 4.78 is 5.41. The van der Waals surface area contributed by atoms with Crippen LogP contribution in [0.2, 0.25) is 0 Å². The third-order valence-electron chi connectivity index (χ3n) is 6.97. The van der Waals surface area contributed by atoms with Gasteiger partial charge in [-0.05, 0) is 49.4 Å². The summed E-state index contributed by atoms with van der Waals surface area (Å²) in [6, 6.07) is 11.9. The summed E-state index contributed by atoms with van der Waals surface area (Å²) in [4.78, 5) is 29.2. The predicted octanol–water partition coefficient (Wildman–Crippen LogP) is 4.60. The number of nitrogens with one attached hydrogen (secondary N) is 1. The lowest BCUT2D eigenvalue weighted by atomic mass is 10.0. The van der Waals surface area contributed by atoms with E-state index in [4.69, 9.17) is 9.40 Å². The molecule has 5 heterocycles. The van der Waals surface area contributed by atoms with Gasteiger partial charge < -0.3 is 19.5 Å². The summed E-state index contributed by atoms with van der Waals surface area (Å²) in [5, 5.41) is 3.10. The van der Waals surface area contributed by atoms with Gasteiger partial charge in [0.15, 0.2) is 18.0 Å². The van der Waals surface area contributed by atoms with E-state index in [1.807, 2.05) is 29.2 Å². The summed E-state index contributed by atoms with van der Waals surface area (Å²) in [6.07, 6.45) is 6.46. The first-order valence-corrected chi connectivity index (χ1v) is 11.8. The van der Waals surface area contributed by atoms with E-state index >= 15 is 0 Å². The van der Waals surface area contributed by atoms with E-state index in [1.54, 1.807) is 6.20 Å². The van der Waals surface area contributed by atoms with Gasteiger partial charge in [0.1, 0.15) is 5.82 Å². The second kappa shape index (κ2) is 8.10. The number of carbonyl (C=O) groups is 1. The first-order valence-electron chi connectivity index (χ1n) is 11.8. The van der Waals surface area contributed by atoms with Gasteiger partial charge >= 0.3 is 6.03 Å². The Morgan fingerprint density at radius 3 is 2.91 bits per heavy atom. The number of carbonyl (C=O) groups excluding carboxylic acids is 1. The number of aromatic nitrogens is 2. The smallest absolute Gasteiger partial charge is 0.327 e. The molecule has 0 spiro atoms. The lowest BCUT2D eigenvalue weighted by Crippen LogP contribution is -2.48. The molecule has 0 saturated carbocycles. The van der Waals surface area contributed by atoms with Crippen LogP contribution in [0.5, 0.6) is 0 Å². The molecule has 1 N–H and O–H groups in total. The van der Waals surface area contributed by atoms with Crippen LogP contribution in [0.1, 0.15) is 26.2 Å². The van der Waals surface area contributed by atoms with Crippen LogP contribution < -0.4 is 20.0 Å². The van der Waals surface area contributed by atoms with Crippen molar-refractivity contribution in [3.63, 3.8) is 0 Å². The molecule has 3 aliphatic heterocycles. The number of oxazole rings is 1. The van der Waals surface area contributed by atoms with Gasteiger partial charge in [-0.15, -0.1) is 0 Å². The molecule has 1 aromatic carbocycles. The molecule has 2 fully saturated rings. The normalized spacial score (nSPS) is 21.8. The molecule has 2 bridgehead atoms. The first-order chi connectivity index (χ1) is 16.2. The zero-order chi connectivity index (χ0) is 22.4. The summed E-state index contributed by atoms with van der Waals surface area (Å²) in [6.45, 7) is 6.12. The Morgan fingerprint density at radius 2 is 2.06 bits per heavy atom. The Kier molecular flexibility index (Phi) is 4.93. The number of rotatable bonds is 3. The van der Waals surface area contributed by atoms with E-state index in [9.17, 15) is 4.79 Å². The zero-order valence-electron chi connectivity index (χ0n) is 18.8. The largest absolute Gasteiger partial charge is 0.444 e. The van der Waals surface area contributed by atoms with Crippen LogP contribution in [0.3, 0.4) is 0 Å². The van der Waals surface area contributed by atoms with Crippen molar-refractivity contribution in [1.82, 2.24) is 9.97 Å². The fourth-order valence-corrected chi connectivity index (χ4v) is 5.33. The number of nitrogens with zero attached hydrogens (tertiary/aromatic N) is 5. The fourth-order valence-electron chi connectivity index (χ4n) is 5.33. The molecule has 2 atom stereocenters. The molecule has 3 aliphatic rings. The molecule has 170 valence electrons. The van der Waals surface area contributed by atoms with E-state index in [2.05, 4.69) is 39.2 Å². The highest BCUT2D eigenvalue weighted by Crippen LogP contribution is 2.40. The fraction of sp³-hybridized carbons (Fsp3) is 0.400. The number of anilines is 4. The maximum absolute atomic E-state index is 13.6. The number of hydrogen-bond donors (Lipinski definition) is 1. The topological polar surface area (TPSA) is 77.7 Å². The second-order valence-electron chi connectivity index (χ2n) is 9.34. The van der Waals surface area contributed by atoms with Crippen molar-refractivity contribution < 1.29 is 9.21 Å². The van der Waals surface area contributed by atoms with Gasteiger partial charge in [0, 0.05) is 37.4 Å². The van der Waals surface area contributed by atoms with Crippen LogP contribution in [0.4, 0.5) is 27.8 Å². The molecular weight excluding hydrogens is 416 g/mol. The van der Waals surface area contributed by atoms with Crippen molar-refractivity contribution >= 4 is 29.0 Å². The standard InChI is InChI=1S/C25H28N6O2/c1-17-4-3-10-30(14-17)23-8-7-21-24(28-23)31(20-9-11-29(21)15-20)25(32)27-19-6-2-5-18(12-19)22-13-26-16-33-22/h2,5-8,12-13,16-17,20H,3-4,9-11,14-15H2,1H3,(H,27,32)/t17?,20-/m0/s1. The summed E-state index contributed by atoms with van der Waals surface area (Å²) in [7, 11) is 0. The van der Waals surface area contributed by atoms with E-state index in [-0.39, 0.29) is 12.1 Å². The Bertz CT molecular complexity index is 1160. The van der Waals surface area contributed by atoms with Gasteiger partial charge in [-0.3, -0.25) is 4.90 Å². The molecule has 2 amide bonds. The highest BCUT2D eigenvalue weighted by molar-refractivity contribution is 6.05. The summed E-state index contributed by atoms with van der Waals surface area (Å²) in [5.74, 6) is 3.06. The van der Waals surface area contributed by atoms with E-state index in [1.165, 1.54) is 19.2 Å². The maximum atomic E-state index is 13.6. The molecule has 0 radical (unpaired) electrons. The highest BCUT2D eigenvalue weighted by Gasteiger charge is 2.40. The second-order valence-corrected chi connectivity index (χ2v) is 9.34. The first kappa shape index (κ1) is 20.1. The van der Waals surface area contributed by atoms with Crippen molar-refractivity contribution in [2.24, 2.45) is 5.92 Å². The quantitative estimate of drug-likeness (QED) is 0.636. The minimum Gasteiger partial charge on any atom is -0.444 e. The third kappa shape index (κ3) is 3.69. The van der Waals surface area contributed by atoms with E-state index in [0.717, 1.165) is 61.2 Å². The van der Waals surface area contributed by atoms with Crippen molar-refractivity contribution in [3.05, 3.63) is 49.0 Å². The minimum atomic E-state index is -0.144. The van der Waals surface area contributed by atoms with Gasteiger partial charge in [-0.25, -0.2) is 14.8 Å². The van der Waals surface area contributed by atoms with Gasteiger partial charge in [0.2, 0.25) is 0 Å². The van der Waals surface area contributed by atoms with Crippen LogP contribution in [0.25, 0.3) is 11.3 Å². The predicted molar refractivity (Wildman–Crippen MR) is 129 cm³/mol. The lowest BCUT2D eigenvalue weighted by molar-refractivity contribution is 0.255. The summed E-state index contributed by atoms with van der Waals surface area (Å²) >= 11 is 0. The Morgan fingerprint density at radius 1 is 1.12 bits per heavy atom. The molecule has 6 rings (SSSR count). The number of pyridine rings is 1. The molecule has 1 unspecified atom stereocenters. The van der Waals surface area contributed by atoms with E-state index < -0.39 is 0 Å². The number of fused-ring (bicyclic) bond motifs is 4. The molecule has 8 heteroatoms. The maximum Gasteiger partial charge on any atom is 0.327 e. The number of amides is 2. The molecule has 3 aromatic rings. The average molecular weight is 445 g/mol. The number of urea groups is 1. The van der Waals surface area contributed by atoms with Gasteiger partial charge in [0.25, 0.3) is 0 Å². The molecule has 2 aromatic heterocycles. The molecule has 8 nitrogen and oxygen atoms in total. The van der Waals surface area contributed by atoms with Crippen LogP contribution in [-0.2, 0) is 0 Å².